The lowest BCUT2D eigenvalue weighted by Gasteiger charge is -2.23. The quantitative estimate of drug-likeness (QED) is 0.913. The molecule has 2 N–H and O–H groups in total. The number of hydrogen-bond acceptors (Lipinski definition) is 3. The second kappa shape index (κ2) is 5.66. The number of carbonyl (C=O) groups excluding carboxylic acids is 1. The highest BCUT2D eigenvalue weighted by atomic mass is 32.1. The minimum atomic E-state index is -0.125. The lowest BCUT2D eigenvalue weighted by Crippen LogP contribution is -2.35. The molecule has 0 spiro atoms. The molecule has 2 aromatic heterocycles. The van der Waals surface area contributed by atoms with Crippen LogP contribution in [0.1, 0.15) is 17.8 Å². The van der Waals surface area contributed by atoms with Crippen molar-refractivity contribution in [3.8, 4) is 0 Å². The number of carbonyl (C=O) groups is 1. The topological polar surface area (TPSA) is 59.0 Å². The highest BCUT2D eigenvalue weighted by molar-refractivity contribution is 7.08. The van der Waals surface area contributed by atoms with E-state index < -0.39 is 0 Å². The number of fused-ring (bicyclic) bond motifs is 1. The van der Waals surface area contributed by atoms with Crippen molar-refractivity contribution in [2.45, 2.75) is 26.3 Å². The third kappa shape index (κ3) is 2.85. The van der Waals surface area contributed by atoms with Gasteiger partial charge in [-0.25, -0.2) is 9.78 Å². The largest absolute Gasteiger partial charge is 0.338 e. The van der Waals surface area contributed by atoms with E-state index in [9.17, 15) is 4.79 Å². The zero-order chi connectivity index (χ0) is 13.9. The van der Waals surface area contributed by atoms with E-state index in [1.807, 2.05) is 30.1 Å². The Morgan fingerprint density at radius 3 is 3.25 bits per heavy atom. The summed E-state index contributed by atoms with van der Waals surface area (Å²) in [7, 11) is 0. The van der Waals surface area contributed by atoms with E-state index in [1.165, 1.54) is 0 Å². The van der Waals surface area contributed by atoms with Gasteiger partial charge < -0.3 is 15.2 Å². The summed E-state index contributed by atoms with van der Waals surface area (Å²) in [5, 5.41) is 9.82. The molecule has 1 aliphatic heterocycles. The molecule has 5 nitrogen and oxygen atoms in total. The average Bonchev–Trinajstić information content (AvgIpc) is 3.05. The number of amides is 2. The summed E-state index contributed by atoms with van der Waals surface area (Å²) in [4.78, 5) is 16.2. The standard InChI is InChI=1S/C14H18N4OS/c1-10-8-20-9-12(10)17-14(19)16-7-11-2-4-18-5-3-15-13(18)6-11/h3,5,8-9,11H,2,4,6-7H2,1H3,(H2,16,17,19). The molecule has 1 unspecified atom stereocenters. The molecule has 2 aromatic rings. The molecule has 106 valence electrons. The monoisotopic (exact) mass is 290 g/mol. The van der Waals surface area contributed by atoms with E-state index in [0.717, 1.165) is 36.5 Å². The Labute approximate surface area is 122 Å². The second-order valence-corrected chi connectivity index (χ2v) is 5.94. The van der Waals surface area contributed by atoms with Crippen LogP contribution in [0.15, 0.2) is 23.2 Å². The van der Waals surface area contributed by atoms with Crippen LogP contribution in [-0.2, 0) is 13.0 Å². The SMILES string of the molecule is Cc1cscc1NC(=O)NCC1CCn2ccnc2C1. The summed E-state index contributed by atoms with van der Waals surface area (Å²) in [5.74, 6) is 1.59. The summed E-state index contributed by atoms with van der Waals surface area (Å²) in [6.45, 7) is 3.68. The molecule has 0 saturated heterocycles. The van der Waals surface area contributed by atoms with E-state index in [0.29, 0.717) is 12.5 Å². The zero-order valence-corrected chi connectivity index (χ0v) is 12.2. The first-order valence-electron chi connectivity index (χ1n) is 6.80. The summed E-state index contributed by atoms with van der Waals surface area (Å²) < 4.78 is 2.19. The number of anilines is 1. The molecule has 2 amide bonds. The van der Waals surface area contributed by atoms with Crippen LogP contribution in [0.4, 0.5) is 10.5 Å². The molecule has 3 heterocycles. The van der Waals surface area contributed by atoms with Crippen LogP contribution in [0.2, 0.25) is 0 Å². The minimum absolute atomic E-state index is 0.125. The van der Waals surface area contributed by atoms with Gasteiger partial charge in [-0.1, -0.05) is 0 Å². The Kier molecular flexibility index (Phi) is 3.73. The van der Waals surface area contributed by atoms with Crippen LogP contribution in [-0.4, -0.2) is 22.1 Å². The summed E-state index contributed by atoms with van der Waals surface area (Å²) in [6, 6.07) is -0.125. The summed E-state index contributed by atoms with van der Waals surface area (Å²) in [5.41, 5.74) is 2.00. The van der Waals surface area contributed by atoms with E-state index in [-0.39, 0.29) is 6.03 Å². The van der Waals surface area contributed by atoms with Crippen molar-refractivity contribution in [3.63, 3.8) is 0 Å². The van der Waals surface area contributed by atoms with E-state index in [2.05, 4.69) is 20.2 Å². The molecular weight excluding hydrogens is 272 g/mol. The van der Waals surface area contributed by atoms with Gasteiger partial charge in [0.2, 0.25) is 0 Å². The Balaban J connectivity index is 1.48. The van der Waals surface area contributed by atoms with Crippen LogP contribution in [0.25, 0.3) is 0 Å². The maximum atomic E-state index is 11.9. The van der Waals surface area contributed by atoms with Crippen molar-refractivity contribution >= 4 is 23.1 Å². The van der Waals surface area contributed by atoms with Gasteiger partial charge in [-0.15, -0.1) is 11.3 Å². The van der Waals surface area contributed by atoms with Gasteiger partial charge in [-0.2, -0.15) is 0 Å². The molecule has 6 heteroatoms. The molecule has 0 saturated carbocycles. The zero-order valence-electron chi connectivity index (χ0n) is 11.4. The minimum Gasteiger partial charge on any atom is -0.338 e. The first-order chi connectivity index (χ1) is 9.72. The van der Waals surface area contributed by atoms with Gasteiger partial charge in [0.1, 0.15) is 5.82 Å². The van der Waals surface area contributed by atoms with Crippen LogP contribution in [0.5, 0.6) is 0 Å². The number of aromatic nitrogens is 2. The number of nitrogens with one attached hydrogen (secondary N) is 2. The van der Waals surface area contributed by atoms with Crippen LogP contribution >= 0.6 is 11.3 Å². The Morgan fingerprint density at radius 1 is 1.55 bits per heavy atom. The Morgan fingerprint density at radius 2 is 2.45 bits per heavy atom. The van der Waals surface area contributed by atoms with Crippen molar-refractivity contribution in [3.05, 3.63) is 34.5 Å². The lowest BCUT2D eigenvalue weighted by molar-refractivity contribution is 0.248. The number of urea groups is 1. The highest BCUT2D eigenvalue weighted by Crippen LogP contribution is 2.20. The molecule has 0 radical (unpaired) electrons. The van der Waals surface area contributed by atoms with E-state index >= 15 is 0 Å². The lowest BCUT2D eigenvalue weighted by atomic mass is 9.98. The number of aryl methyl sites for hydroxylation is 2. The van der Waals surface area contributed by atoms with Crippen molar-refractivity contribution < 1.29 is 4.79 Å². The smallest absolute Gasteiger partial charge is 0.319 e. The molecule has 1 atom stereocenters. The van der Waals surface area contributed by atoms with Gasteiger partial charge in [0.15, 0.2) is 0 Å². The fourth-order valence-electron chi connectivity index (χ4n) is 2.48. The second-order valence-electron chi connectivity index (χ2n) is 5.20. The molecule has 0 fully saturated rings. The number of nitrogens with zero attached hydrogens (tertiary/aromatic N) is 2. The third-order valence-corrected chi connectivity index (χ3v) is 4.57. The van der Waals surface area contributed by atoms with Gasteiger partial charge in [0, 0.05) is 37.3 Å². The van der Waals surface area contributed by atoms with Crippen molar-refractivity contribution in [1.29, 1.82) is 0 Å². The molecule has 0 aromatic carbocycles. The Bertz CT molecular complexity index is 604. The average molecular weight is 290 g/mol. The number of hydrogen-bond donors (Lipinski definition) is 2. The fourth-order valence-corrected chi connectivity index (χ4v) is 3.26. The van der Waals surface area contributed by atoms with Crippen molar-refractivity contribution in [2.75, 3.05) is 11.9 Å². The maximum absolute atomic E-state index is 11.9. The van der Waals surface area contributed by atoms with Gasteiger partial charge in [0.25, 0.3) is 0 Å². The van der Waals surface area contributed by atoms with Gasteiger partial charge in [-0.3, -0.25) is 0 Å². The molecule has 20 heavy (non-hydrogen) atoms. The Hall–Kier alpha value is -1.82. The molecule has 0 bridgehead atoms. The van der Waals surface area contributed by atoms with Crippen LogP contribution < -0.4 is 10.6 Å². The normalized spacial score (nSPS) is 17.6. The first-order valence-corrected chi connectivity index (χ1v) is 7.74. The fraction of sp³-hybridized carbons (Fsp3) is 0.429. The van der Waals surface area contributed by atoms with E-state index in [4.69, 9.17) is 0 Å². The molecule has 3 rings (SSSR count). The van der Waals surface area contributed by atoms with Crippen molar-refractivity contribution in [2.24, 2.45) is 5.92 Å². The first kappa shape index (κ1) is 13.2. The van der Waals surface area contributed by atoms with Gasteiger partial charge >= 0.3 is 6.03 Å². The van der Waals surface area contributed by atoms with Crippen LogP contribution in [0, 0.1) is 12.8 Å². The molecule has 0 aliphatic carbocycles. The van der Waals surface area contributed by atoms with Gasteiger partial charge in [0.05, 0.1) is 5.69 Å². The number of imidazole rings is 1. The maximum Gasteiger partial charge on any atom is 0.319 e. The number of thiophene rings is 1. The molecule has 1 aliphatic rings. The number of rotatable bonds is 3. The summed E-state index contributed by atoms with van der Waals surface area (Å²) >= 11 is 1.59. The predicted octanol–water partition coefficient (Wildman–Crippen LogP) is 2.64. The van der Waals surface area contributed by atoms with Crippen LogP contribution in [0.3, 0.4) is 0 Å². The molecular formula is C14H18N4OS. The third-order valence-electron chi connectivity index (χ3n) is 3.71. The van der Waals surface area contributed by atoms with Gasteiger partial charge in [-0.05, 0) is 30.2 Å². The predicted molar refractivity (Wildman–Crippen MR) is 80.1 cm³/mol. The highest BCUT2D eigenvalue weighted by Gasteiger charge is 2.19. The van der Waals surface area contributed by atoms with E-state index in [1.54, 1.807) is 11.3 Å². The van der Waals surface area contributed by atoms with Crippen molar-refractivity contribution in [1.82, 2.24) is 14.9 Å². The summed E-state index contributed by atoms with van der Waals surface area (Å²) in [6.07, 6.45) is 5.88.